The zero-order chi connectivity index (χ0) is 16.7. The molecule has 10 nitrogen and oxygen atoms in total. The summed E-state index contributed by atoms with van der Waals surface area (Å²) < 4.78 is 0. The molecule has 0 aliphatic heterocycles. The number of non-ortho nitro benzene ring substituents is 1. The van der Waals surface area contributed by atoms with E-state index in [0.717, 1.165) is 6.07 Å². The first-order chi connectivity index (χ1) is 10.4. The van der Waals surface area contributed by atoms with Gasteiger partial charge in [0.25, 0.3) is 11.6 Å². The first-order valence-electron chi connectivity index (χ1n) is 5.93. The van der Waals surface area contributed by atoms with E-state index in [4.69, 9.17) is 10.4 Å². The number of hydrogen-bond donors (Lipinski definition) is 2. The highest BCUT2D eigenvalue weighted by Gasteiger charge is 2.24. The van der Waals surface area contributed by atoms with Gasteiger partial charge in [0.15, 0.2) is 0 Å². The van der Waals surface area contributed by atoms with Crippen LogP contribution in [0.15, 0.2) is 29.4 Å². The number of amides is 2. The minimum atomic E-state index is -1.51. The number of imide groups is 1. The second-order valence-electron chi connectivity index (χ2n) is 3.82. The van der Waals surface area contributed by atoms with Gasteiger partial charge in [-0.25, -0.2) is 9.69 Å². The van der Waals surface area contributed by atoms with E-state index in [2.05, 4.69) is 10.5 Å². The molecule has 1 aromatic rings. The Labute approximate surface area is 124 Å². The molecule has 0 saturated heterocycles. The molecule has 2 N–H and O–H groups in total. The van der Waals surface area contributed by atoms with Crippen molar-refractivity contribution >= 4 is 29.1 Å². The first-order valence-corrected chi connectivity index (χ1v) is 5.93. The topological polar surface area (TPSA) is 149 Å². The summed E-state index contributed by atoms with van der Waals surface area (Å²) in [5, 5.41) is 31.8. The van der Waals surface area contributed by atoms with Crippen molar-refractivity contribution in [2.24, 2.45) is 5.10 Å². The molecule has 0 atom stereocenters. The molecule has 0 bridgehead atoms. The van der Waals surface area contributed by atoms with Gasteiger partial charge in [0.2, 0.25) is 5.71 Å². The third kappa shape index (κ3) is 4.01. The lowest BCUT2D eigenvalue weighted by Crippen LogP contribution is -2.40. The Morgan fingerprint density at radius 1 is 1.55 bits per heavy atom. The van der Waals surface area contributed by atoms with Crippen molar-refractivity contribution in [1.82, 2.24) is 4.90 Å². The predicted molar refractivity (Wildman–Crippen MR) is 75.2 cm³/mol. The van der Waals surface area contributed by atoms with E-state index in [1.165, 1.54) is 31.2 Å². The Morgan fingerprint density at radius 3 is 2.73 bits per heavy atom. The zero-order valence-electron chi connectivity index (χ0n) is 11.4. The Bertz CT molecular complexity index is 679. The highest BCUT2D eigenvalue weighted by atomic mass is 16.6. The Kier molecular flexibility index (Phi) is 5.53. The quantitative estimate of drug-likeness (QED) is 0.474. The van der Waals surface area contributed by atoms with Crippen LogP contribution in [-0.2, 0) is 4.79 Å². The van der Waals surface area contributed by atoms with Crippen LogP contribution in [0.5, 0.6) is 0 Å². The van der Waals surface area contributed by atoms with E-state index < -0.39 is 22.6 Å². The van der Waals surface area contributed by atoms with Gasteiger partial charge in [-0.05, 0) is 13.0 Å². The summed E-state index contributed by atoms with van der Waals surface area (Å²) in [6.07, 6.45) is -1.51. The van der Waals surface area contributed by atoms with Gasteiger partial charge < -0.3 is 5.11 Å². The molecule has 0 saturated carbocycles. The van der Waals surface area contributed by atoms with Gasteiger partial charge in [-0.3, -0.25) is 20.3 Å². The lowest BCUT2D eigenvalue weighted by Gasteiger charge is -2.13. The molecule has 1 rings (SSSR count). The summed E-state index contributed by atoms with van der Waals surface area (Å²) in [7, 11) is 0. The summed E-state index contributed by atoms with van der Waals surface area (Å²) >= 11 is 0. The van der Waals surface area contributed by atoms with Crippen LogP contribution in [0.25, 0.3) is 0 Å². The molecular weight excluding hydrogens is 294 g/mol. The lowest BCUT2D eigenvalue weighted by atomic mass is 10.3. The number of anilines is 1. The Balaban J connectivity index is 2.97. The molecule has 10 heteroatoms. The van der Waals surface area contributed by atoms with E-state index in [1.54, 1.807) is 0 Å². The monoisotopic (exact) mass is 305 g/mol. The lowest BCUT2D eigenvalue weighted by molar-refractivity contribution is -0.384. The van der Waals surface area contributed by atoms with Crippen molar-refractivity contribution < 1.29 is 19.6 Å². The molecule has 22 heavy (non-hydrogen) atoms. The fourth-order valence-electron chi connectivity index (χ4n) is 1.42. The molecule has 0 heterocycles. The van der Waals surface area contributed by atoms with Crippen LogP contribution in [0.1, 0.15) is 6.92 Å². The van der Waals surface area contributed by atoms with E-state index in [0.29, 0.717) is 4.90 Å². The molecule has 1 aromatic carbocycles. The normalized spacial score (nSPS) is 10.5. The van der Waals surface area contributed by atoms with Gasteiger partial charge in [-0.15, -0.1) is 0 Å². The van der Waals surface area contributed by atoms with Gasteiger partial charge in [-0.1, -0.05) is 6.07 Å². The fourth-order valence-corrected chi connectivity index (χ4v) is 1.42. The number of hydrazone groups is 1. The van der Waals surface area contributed by atoms with Crippen LogP contribution in [0.4, 0.5) is 16.2 Å². The summed E-state index contributed by atoms with van der Waals surface area (Å²) in [5.74, 6) is -1.09. The fraction of sp³-hybridized carbons (Fsp3) is 0.167. The number of hydrogen-bond acceptors (Lipinski definition) is 7. The van der Waals surface area contributed by atoms with Crippen LogP contribution in [0.3, 0.4) is 0 Å². The summed E-state index contributed by atoms with van der Waals surface area (Å²) in [4.78, 5) is 33.0. The minimum absolute atomic E-state index is 0.147. The average Bonchev–Trinajstić information content (AvgIpc) is 2.48. The van der Waals surface area contributed by atoms with E-state index >= 15 is 0 Å². The molecule has 0 aromatic heterocycles. The maximum absolute atomic E-state index is 11.8. The second-order valence-corrected chi connectivity index (χ2v) is 3.82. The van der Waals surface area contributed by atoms with Crippen LogP contribution < -0.4 is 5.43 Å². The molecule has 0 unspecified atom stereocenters. The highest BCUT2D eigenvalue weighted by Crippen LogP contribution is 2.16. The molecule has 0 aliphatic rings. The van der Waals surface area contributed by atoms with Crippen LogP contribution in [-0.4, -0.2) is 39.2 Å². The van der Waals surface area contributed by atoms with Gasteiger partial charge in [0.05, 0.1) is 10.6 Å². The predicted octanol–water partition coefficient (Wildman–Crippen LogP) is 1.41. The van der Waals surface area contributed by atoms with Gasteiger partial charge in [0.1, 0.15) is 6.07 Å². The maximum Gasteiger partial charge on any atom is 0.414 e. The van der Waals surface area contributed by atoms with Crippen LogP contribution in [0, 0.1) is 21.4 Å². The molecule has 0 radical (unpaired) electrons. The van der Waals surface area contributed by atoms with Crippen LogP contribution in [0.2, 0.25) is 0 Å². The molecule has 0 aliphatic carbocycles. The van der Waals surface area contributed by atoms with E-state index in [1.807, 2.05) is 0 Å². The summed E-state index contributed by atoms with van der Waals surface area (Å²) in [6, 6.07) is 6.71. The van der Waals surface area contributed by atoms with Crippen molar-refractivity contribution in [3.8, 4) is 6.07 Å². The third-order valence-electron chi connectivity index (χ3n) is 2.45. The summed E-state index contributed by atoms with van der Waals surface area (Å²) in [5.41, 5.74) is 1.60. The van der Waals surface area contributed by atoms with E-state index in [9.17, 15) is 19.7 Å². The van der Waals surface area contributed by atoms with Gasteiger partial charge in [0, 0.05) is 18.7 Å². The number of carbonyl (C=O) groups excluding carboxylic acids is 1. The molecule has 2 amide bonds. The number of carbonyl (C=O) groups is 2. The highest BCUT2D eigenvalue weighted by molar-refractivity contribution is 6.46. The van der Waals surface area contributed by atoms with Crippen molar-refractivity contribution in [3.63, 3.8) is 0 Å². The van der Waals surface area contributed by atoms with Gasteiger partial charge >= 0.3 is 6.09 Å². The number of benzene rings is 1. The number of nitrogens with one attached hydrogen (secondary N) is 1. The molecule has 0 spiro atoms. The second kappa shape index (κ2) is 7.34. The molecule has 0 fully saturated rings. The first kappa shape index (κ1) is 16.6. The standard InChI is InChI=1S/C12H11N5O5/c1-2-16(12(19)20)11(18)10(7-13)15-14-8-4-3-5-9(6-8)17(21)22/h3-6,14H,2H2,1H3,(H,19,20)/b15-10-. The number of nitro groups is 1. The zero-order valence-corrected chi connectivity index (χ0v) is 11.4. The summed E-state index contributed by atoms with van der Waals surface area (Å²) in [6.45, 7) is 1.28. The Hall–Kier alpha value is -3.48. The van der Waals surface area contributed by atoms with Crippen molar-refractivity contribution in [1.29, 1.82) is 5.26 Å². The average molecular weight is 305 g/mol. The number of nitriles is 1. The number of nitro benzene ring substituents is 1. The molecule has 114 valence electrons. The minimum Gasteiger partial charge on any atom is -0.465 e. The molecular formula is C12H11N5O5. The number of carboxylic acid groups (broad SMARTS) is 1. The van der Waals surface area contributed by atoms with Crippen LogP contribution >= 0.6 is 0 Å². The van der Waals surface area contributed by atoms with E-state index in [-0.39, 0.29) is 17.9 Å². The largest absolute Gasteiger partial charge is 0.465 e. The maximum atomic E-state index is 11.8. The van der Waals surface area contributed by atoms with Crippen molar-refractivity contribution in [2.75, 3.05) is 12.0 Å². The van der Waals surface area contributed by atoms with Crippen molar-refractivity contribution in [2.45, 2.75) is 6.92 Å². The third-order valence-corrected chi connectivity index (χ3v) is 2.45. The smallest absolute Gasteiger partial charge is 0.414 e. The Morgan fingerprint density at radius 2 is 2.23 bits per heavy atom. The van der Waals surface area contributed by atoms with Crippen molar-refractivity contribution in [3.05, 3.63) is 34.4 Å². The number of nitrogens with zero attached hydrogens (tertiary/aromatic N) is 4. The SMILES string of the molecule is CCN(C(=O)O)C(=O)/C(C#N)=N\Nc1cccc([N+](=O)[O-])c1. The van der Waals surface area contributed by atoms with Gasteiger partial charge in [-0.2, -0.15) is 10.4 Å². The number of rotatable bonds is 5.